The largest absolute Gasteiger partial charge is 0.319 e. The molecule has 4 aromatic rings. The third-order valence-electron chi connectivity index (χ3n) is 4.99. The van der Waals surface area contributed by atoms with Crippen LogP contribution in [0.2, 0.25) is 0 Å². The number of nitrogens with zero attached hydrogens (tertiary/aromatic N) is 4. The molecule has 30 heavy (non-hydrogen) atoms. The van der Waals surface area contributed by atoms with Crippen LogP contribution in [0.5, 0.6) is 0 Å². The zero-order valence-electron chi connectivity index (χ0n) is 16.8. The van der Waals surface area contributed by atoms with Gasteiger partial charge in [0.1, 0.15) is 5.82 Å². The predicted octanol–water partition coefficient (Wildman–Crippen LogP) is 4.18. The molecule has 6 nitrogen and oxygen atoms in total. The van der Waals surface area contributed by atoms with Crippen LogP contribution in [0.1, 0.15) is 32.9 Å². The Bertz CT molecular complexity index is 1180. The fraction of sp³-hybridized carbons (Fsp3) is 0.174. The van der Waals surface area contributed by atoms with E-state index in [1.165, 1.54) is 6.07 Å². The molecule has 0 atom stereocenters. The van der Waals surface area contributed by atoms with Crippen molar-refractivity contribution in [2.24, 2.45) is 0 Å². The van der Waals surface area contributed by atoms with Gasteiger partial charge in [0, 0.05) is 23.5 Å². The van der Waals surface area contributed by atoms with Gasteiger partial charge in [0.15, 0.2) is 0 Å². The Morgan fingerprint density at radius 2 is 1.90 bits per heavy atom. The molecule has 152 valence electrons. The molecule has 0 fully saturated rings. The molecule has 0 radical (unpaired) electrons. The van der Waals surface area contributed by atoms with Gasteiger partial charge in [0.25, 0.3) is 5.91 Å². The lowest BCUT2D eigenvalue weighted by molar-refractivity contribution is 0.102. The van der Waals surface area contributed by atoms with Crippen molar-refractivity contribution in [2.75, 3.05) is 5.32 Å². The number of carbonyl (C=O) groups excluding carboxylic acids is 1. The molecule has 2 heterocycles. The highest BCUT2D eigenvalue weighted by molar-refractivity contribution is 6.05. The van der Waals surface area contributed by atoms with Crippen molar-refractivity contribution in [1.82, 2.24) is 19.6 Å². The van der Waals surface area contributed by atoms with Gasteiger partial charge in [-0.3, -0.25) is 14.2 Å². The summed E-state index contributed by atoms with van der Waals surface area (Å²) in [6.07, 6.45) is 3.60. The molecule has 2 aromatic heterocycles. The van der Waals surface area contributed by atoms with E-state index >= 15 is 0 Å². The average molecular weight is 403 g/mol. The van der Waals surface area contributed by atoms with E-state index in [0.29, 0.717) is 35.6 Å². The Morgan fingerprint density at radius 3 is 2.67 bits per heavy atom. The number of rotatable bonds is 6. The van der Waals surface area contributed by atoms with Crippen molar-refractivity contribution in [3.05, 3.63) is 101 Å². The molecule has 0 saturated carbocycles. The highest BCUT2D eigenvalue weighted by Gasteiger charge is 2.16. The molecule has 4 rings (SSSR count). The summed E-state index contributed by atoms with van der Waals surface area (Å²) in [4.78, 5) is 12.9. The number of anilines is 1. The van der Waals surface area contributed by atoms with Crippen LogP contribution >= 0.6 is 0 Å². The predicted molar refractivity (Wildman–Crippen MR) is 113 cm³/mol. The minimum atomic E-state index is -0.273. The summed E-state index contributed by atoms with van der Waals surface area (Å²) in [5, 5.41) is 11.6. The topological polar surface area (TPSA) is 64.7 Å². The Labute approximate surface area is 174 Å². The highest BCUT2D eigenvalue weighted by Crippen LogP contribution is 2.22. The number of hydrogen-bond donors (Lipinski definition) is 1. The number of aromatic nitrogens is 4. The Kier molecular flexibility index (Phi) is 5.43. The molecule has 2 aromatic carbocycles. The summed E-state index contributed by atoms with van der Waals surface area (Å²) in [5.74, 6) is -0.487. The van der Waals surface area contributed by atoms with Gasteiger partial charge in [-0.25, -0.2) is 4.39 Å². The van der Waals surface area contributed by atoms with Crippen LogP contribution in [0.25, 0.3) is 0 Å². The smallest absolute Gasteiger partial charge is 0.255 e. The molecule has 0 unspecified atom stereocenters. The summed E-state index contributed by atoms with van der Waals surface area (Å²) >= 11 is 0. The fourth-order valence-electron chi connectivity index (χ4n) is 3.40. The van der Waals surface area contributed by atoms with Crippen molar-refractivity contribution in [2.45, 2.75) is 26.9 Å². The highest BCUT2D eigenvalue weighted by atomic mass is 19.1. The van der Waals surface area contributed by atoms with Crippen LogP contribution in [0.3, 0.4) is 0 Å². The first-order valence-corrected chi connectivity index (χ1v) is 9.66. The minimum Gasteiger partial charge on any atom is -0.319 e. The van der Waals surface area contributed by atoms with Crippen molar-refractivity contribution in [3.63, 3.8) is 0 Å². The number of amides is 1. The van der Waals surface area contributed by atoms with E-state index in [0.717, 1.165) is 11.3 Å². The van der Waals surface area contributed by atoms with E-state index in [1.54, 1.807) is 39.8 Å². The van der Waals surface area contributed by atoms with Gasteiger partial charge in [0.2, 0.25) is 0 Å². The van der Waals surface area contributed by atoms with Crippen LogP contribution in [0.4, 0.5) is 10.1 Å². The maximum atomic E-state index is 14.0. The van der Waals surface area contributed by atoms with Crippen molar-refractivity contribution >= 4 is 11.6 Å². The standard InChI is InChI=1S/C23H22FN5O/c1-16-22(17(2)29(27-16)15-20-8-3-4-10-21(20)24)26-23(30)19-9-5-7-18(13-19)14-28-12-6-11-25-28/h3-13H,14-15H2,1-2H3,(H,26,30). The third kappa shape index (κ3) is 4.15. The van der Waals surface area contributed by atoms with Crippen LogP contribution in [0.15, 0.2) is 67.0 Å². The molecule has 0 aliphatic heterocycles. The number of hydrogen-bond acceptors (Lipinski definition) is 3. The Hall–Kier alpha value is -3.74. The first kappa shape index (κ1) is 19.6. The lowest BCUT2D eigenvalue weighted by Gasteiger charge is -2.09. The number of benzene rings is 2. The van der Waals surface area contributed by atoms with Gasteiger partial charge in [-0.2, -0.15) is 10.2 Å². The van der Waals surface area contributed by atoms with E-state index in [4.69, 9.17) is 0 Å². The molecular formula is C23H22FN5O. The van der Waals surface area contributed by atoms with Crippen molar-refractivity contribution in [3.8, 4) is 0 Å². The number of halogens is 1. The summed E-state index contributed by atoms with van der Waals surface area (Å²) < 4.78 is 17.5. The SMILES string of the molecule is Cc1nn(Cc2ccccc2F)c(C)c1NC(=O)c1cccc(Cn2cccn2)c1. The van der Waals surface area contributed by atoms with Gasteiger partial charge < -0.3 is 5.32 Å². The number of aryl methyl sites for hydroxylation is 1. The lowest BCUT2D eigenvalue weighted by atomic mass is 10.1. The molecule has 0 aliphatic rings. The zero-order valence-corrected chi connectivity index (χ0v) is 16.8. The normalized spacial score (nSPS) is 10.9. The number of carbonyl (C=O) groups is 1. The van der Waals surface area contributed by atoms with E-state index in [-0.39, 0.29) is 11.7 Å². The van der Waals surface area contributed by atoms with Gasteiger partial charge in [-0.05, 0) is 43.7 Å². The van der Waals surface area contributed by atoms with Crippen LogP contribution in [-0.2, 0) is 13.1 Å². The first-order valence-electron chi connectivity index (χ1n) is 9.66. The molecule has 0 aliphatic carbocycles. The quantitative estimate of drug-likeness (QED) is 0.525. The van der Waals surface area contributed by atoms with Gasteiger partial charge in [-0.15, -0.1) is 0 Å². The summed E-state index contributed by atoms with van der Waals surface area (Å²) in [5.41, 5.74) is 4.19. The monoisotopic (exact) mass is 403 g/mol. The van der Waals surface area contributed by atoms with Crippen LogP contribution < -0.4 is 5.32 Å². The summed E-state index contributed by atoms with van der Waals surface area (Å²) in [7, 11) is 0. The van der Waals surface area contributed by atoms with Gasteiger partial charge >= 0.3 is 0 Å². The second-order valence-corrected chi connectivity index (χ2v) is 7.15. The van der Waals surface area contributed by atoms with Crippen LogP contribution in [-0.4, -0.2) is 25.5 Å². The molecule has 0 saturated heterocycles. The van der Waals surface area contributed by atoms with E-state index in [9.17, 15) is 9.18 Å². The zero-order chi connectivity index (χ0) is 21.1. The van der Waals surface area contributed by atoms with Crippen molar-refractivity contribution in [1.29, 1.82) is 0 Å². The molecule has 1 N–H and O–H groups in total. The summed E-state index contributed by atoms with van der Waals surface area (Å²) in [6, 6.07) is 15.9. The van der Waals surface area contributed by atoms with E-state index < -0.39 is 0 Å². The van der Waals surface area contributed by atoms with E-state index in [1.807, 2.05) is 44.3 Å². The second-order valence-electron chi connectivity index (χ2n) is 7.15. The molecule has 7 heteroatoms. The Balaban J connectivity index is 1.52. The van der Waals surface area contributed by atoms with Crippen molar-refractivity contribution < 1.29 is 9.18 Å². The fourth-order valence-corrected chi connectivity index (χ4v) is 3.40. The average Bonchev–Trinajstić information content (AvgIpc) is 3.33. The first-order chi connectivity index (χ1) is 14.5. The van der Waals surface area contributed by atoms with Crippen LogP contribution in [0, 0.1) is 19.7 Å². The summed E-state index contributed by atoms with van der Waals surface area (Å²) in [6.45, 7) is 4.58. The van der Waals surface area contributed by atoms with Gasteiger partial charge in [-0.1, -0.05) is 30.3 Å². The molecule has 0 bridgehead atoms. The van der Waals surface area contributed by atoms with Gasteiger partial charge in [0.05, 0.1) is 30.2 Å². The minimum absolute atomic E-state index is 0.214. The molecular weight excluding hydrogens is 381 g/mol. The third-order valence-corrected chi connectivity index (χ3v) is 4.99. The Morgan fingerprint density at radius 1 is 1.07 bits per heavy atom. The number of nitrogens with one attached hydrogen (secondary N) is 1. The van der Waals surface area contributed by atoms with E-state index in [2.05, 4.69) is 15.5 Å². The second kappa shape index (κ2) is 8.32. The molecule has 1 amide bonds. The maximum Gasteiger partial charge on any atom is 0.255 e. The maximum absolute atomic E-state index is 14.0. The lowest BCUT2D eigenvalue weighted by Crippen LogP contribution is -2.14. The molecule has 0 spiro atoms.